The van der Waals surface area contributed by atoms with Crippen LogP contribution in [0.15, 0.2) is 0 Å². The Bertz CT molecular complexity index is 91.0. The van der Waals surface area contributed by atoms with Gasteiger partial charge in [-0.15, -0.1) is 0 Å². The number of hydrogen-bond acceptors (Lipinski definition) is 3. The maximum absolute atomic E-state index is 10.6. The van der Waals surface area contributed by atoms with E-state index in [4.69, 9.17) is 10.9 Å². The van der Waals surface area contributed by atoms with Gasteiger partial charge in [-0.3, -0.25) is 10.2 Å². The lowest BCUT2D eigenvalue weighted by Crippen LogP contribution is -2.37. The molecule has 0 saturated heterocycles. The lowest BCUT2D eigenvalue weighted by molar-refractivity contribution is -0.126. The maximum atomic E-state index is 10.6. The fourth-order valence-electron chi connectivity index (χ4n) is 0.515. The van der Waals surface area contributed by atoms with Crippen molar-refractivity contribution >= 4 is 5.91 Å². The van der Waals surface area contributed by atoms with Crippen LogP contribution in [-0.4, -0.2) is 17.6 Å². The topological polar surface area (TPSA) is 75.3 Å². The van der Waals surface area contributed by atoms with E-state index in [1.807, 2.05) is 12.3 Å². The highest BCUT2D eigenvalue weighted by molar-refractivity contribution is 5.77. The van der Waals surface area contributed by atoms with Crippen LogP contribution in [-0.2, 0) is 4.79 Å². The molecule has 0 rings (SSSR count). The third-order valence-electron chi connectivity index (χ3n) is 1.23. The van der Waals surface area contributed by atoms with E-state index in [0.717, 1.165) is 0 Å². The van der Waals surface area contributed by atoms with Crippen molar-refractivity contribution in [2.24, 2.45) is 11.8 Å². The molecule has 4 N–H and O–H groups in total. The van der Waals surface area contributed by atoms with E-state index in [2.05, 4.69) is 0 Å². The Morgan fingerprint density at radius 1 is 1.89 bits per heavy atom. The standard InChI is InChI=1S/C5H12N2O2/c1-2-4(3-8)5(9)7-6/h4,8H,2-3,6H2,1H3,(H,7,9). The van der Waals surface area contributed by atoms with Crippen LogP contribution in [0.3, 0.4) is 0 Å². The molecule has 4 nitrogen and oxygen atoms in total. The number of aliphatic hydroxyl groups excluding tert-OH is 1. The molecule has 4 heteroatoms. The van der Waals surface area contributed by atoms with Crippen molar-refractivity contribution in [3.8, 4) is 0 Å². The van der Waals surface area contributed by atoms with Gasteiger partial charge in [0.15, 0.2) is 0 Å². The van der Waals surface area contributed by atoms with E-state index in [1.54, 1.807) is 0 Å². The average Bonchev–Trinajstić information content (AvgIpc) is 1.90. The molecule has 0 bridgehead atoms. The molecule has 0 fully saturated rings. The summed E-state index contributed by atoms with van der Waals surface area (Å²) in [5, 5.41) is 8.51. The summed E-state index contributed by atoms with van der Waals surface area (Å²) in [4.78, 5) is 10.6. The van der Waals surface area contributed by atoms with Crippen LogP contribution in [0.5, 0.6) is 0 Å². The number of amides is 1. The first-order chi connectivity index (χ1) is 4.26. The summed E-state index contributed by atoms with van der Waals surface area (Å²) in [6.07, 6.45) is 0.611. The minimum absolute atomic E-state index is 0.139. The first-order valence-corrected chi connectivity index (χ1v) is 2.87. The summed E-state index contributed by atoms with van der Waals surface area (Å²) >= 11 is 0. The molecule has 0 aliphatic heterocycles. The van der Waals surface area contributed by atoms with Gasteiger partial charge in [-0.1, -0.05) is 6.92 Å². The quantitative estimate of drug-likeness (QED) is 0.262. The zero-order valence-electron chi connectivity index (χ0n) is 5.42. The fourth-order valence-corrected chi connectivity index (χ4v) is 0.515. The molecule has 0 radical (unpaired) electrons. The highest BCUT2D eigenvalue weighted by Crippen LogP contribution is 1.98. The van der Waals surface area contributed by atoms with Crippen LogP contribution in [0.4, 0.5) is 0 Å². The van der Waals surface area contributed by atoms with Gasteiger partial charge in [-0.05, 0) is 6.42 Å². The Labute approximate surface area is 54.0 Å². The molecule has 0 aliphatic carbocycles. The smallest absolute Gasteiger partial charge is 0.239 e. The van der Waals surface area contributed by atoms with E-state index < -0.39 is 0 Å². The van der Waals surface area contributed by atoms with Crippen molar-refractivity contribution in [1.29, 1.82) is 0 Å². The molecule has 0 heterocycles. The Balaban J connectivity index is 3.64. The van der Waals surface area contributed by atoms with Gasteiger partial charge in [0, 0.05) is 0 Å². The van der Waals surface area contributed by atoms with Gasteiger partial charge < -0.3 is 5.11 Å². The number of carbonyl (C=O) groups excluding carboxylic acids is 1. The molecule has 1 unspecified atom stereocenters. The molecular formula is C5H12N2O2. The first-order valence-electron chi connectivity index (χ1n) is 2.87. The molecule has 0 spiro atoms. The lowest BCUT2D eigenvalue weighted by atomic mass is 10.1. The van der Waals surface area contributed by atoms with Gasteiger partial charge >= 0.3 is 0 Å². The van der Waals surface area contributed by atoms with Gasteiger partial charge in [0.1, 0.15) is 0 Å². The van der Waals surface area contributed by atoms with Crippen molar-refractivity contribution in [2.45, 2.75) is 13.3 Å². The molecule has 0 aliphatic rings. The van der Waals surface area contributed by atoms with E-state index in [9.17, 15) is 4.79 Å². The molecular weight excluding hydrogens is 120 g/mol. The predicted molar refractivity (Wildman–Crippen MR) is 33.2 cm³/mol. The number of rotatable bonds is 3. The summed E-state index contributed by atoms with van der Waals surface area (Å²) in [6.45, 7) is 1.68. The number of carbonyl (C=O) groups is 1. The monoisotopic (exact) mass is 132 g/mol. The van der Waals surface area contributed by atoms with Gasteiger partial charge in [0.2, 0.25) is 5.91 Å². The van der Waals surface area contributed by atoms with E-state index in [1.165, 1.54) is 0 Å². The van der Waals surface area contributed by atoms with E-state index in [-0.39, 0.29) is 18.4 Å². The molecule has 0 aromatic heterocycles. The summed E-state index contributed by atoms with van der Waals surface area (Å²) in [7, 11) is 0. The molecule has 54 valence electrons. The minimum Gasteiger partial charge on any atom is -0.396 e. The fraction of sp³-hybridized carbons (Fsp3) is 0.800. The van der Waals surface area contributed by atoms with Crippen molar-refractivity contribution in [2.75, 3.05) is 6.61 Å². The summed E-state index contributed by atoms with van der Waals surface area (Å²) in [6, 6.07) is 0. The van der Waals surface area contributed by atoms with Gasteiger partial charge in [0.25, 0.3) is 0 Å². The number of aliphatic hydroxyl groups is 1. The Morgan fingerprint density at radius 3 is 2.56 bits per heavy atom. The zero-order chi connectivity index (χ0) is 7.28. The Morgan fingerprint density at radius 2 is 2.44 bits per heavy atom. The number of hydrogen-bond donors (Lipinski definition) is 3. The van der Waals surface area contributed by atoms with Crippen LogP contribution in [0.2, 0.25) is 0 Å². The molecule has 1 amide bonds. The van der Waals surface area contributed by atoms with Crippen LogP contribution in [0.25, 0.3) is 0 Å². The molecule has 0 aromatic rings. The van der Waals surface area contributed by atoms with Crippen molar-refractivity contribution in [1.82, 2.24) is 5.43 Å². The van der Waals surface area contributed by atoms with E-state index in [0.29, 0.717) is 6.42 Å². The van der Waals surface area contributed by atoms with Crippen LogP contribution in [0, 0.1) is 5.92 Å². The predicted octanol–water partition coefficient (Wildman–Crippen LogP) is -1.01. The number of nitrogens with two attached hydrogens (primary N) is 1. The largest absolute Gasteiger partial charge is 0.396 e. The average molecular weight is 132 g/mol. The zero-order valence-corrected chi connectivity index (χ0v) is 5.42. The summed E-state index contributed by atoms with van der Waals surface area (Å²) in [5.41, 5.74) is 1.97. The van der Waals surface area contributed by atoms with Gasteiger partial charge in [-0.25, -0.2) is 5.84 Å². The second kappa shape index (κ2) is 4.29. The van der Waals surface area contributed by atoms with E-state index >= 15 is 0 Å². The molecule has 0 saturated carbocycles. The molecule has 9 heavy (non-hydrogen) atoms. The molecule has 1 atom stereocenters. The van der Waals surface area contributed by atoms with Crippen LogP contribution < -0.4 is 11.3 Å². The number of hydrazine groups is 1. The maximum Gasteiger partial charge on any atom is 0.239 e. The SMILES string of the molecule is CCC(CO)C(=O)NN. The Kier molecular flexibility index (Phi) is 4.00. The normalized spacial score (nSPS) is 12.8. The lowest BCUT2D eigenvalue weighted by Gasteiger charge is -2.07. The van der Waals surface area contributed by atoms with Gasteiger partial charge in [0.05, 0.1) is 12.5 Å². The number of nitrogens with one attached hydrogen (secondary N) is 1. The minimum atomic E-state index is -0.352. The van der Waals surface area contributed by atoms with Crippen molar-refractivity contribution in [3.63, 3.8) is 0 Å². The third-order valence-corrected chi connectivity index (χ3v) is 1.23. The van der Waals surface area contributed by atoms with Crippen molar-refractivity contribution in [3.05, 3.63) is 0 Å². The van der Waals surface area contributed by atoms with Crippen LogP contribution in [0.1, 0.15) is 13.3 Å². The Hall–Kier alpha value is -0.610. The van der Waals surface area contributed by atoms with Gasteiger partial charge in [-0.2, -0.15) is 0 Å². The highest BCUT2D eigenvalue weighted by Gasteiger charge is 2.12. The second-order valence-corrected chi connectivity index (χ2v) is 1.80. The highest BCUT2D eigenvalue weighted by atomic mass is 16.3. The second-order valence-electron chi connectivity index (χ2n) is 1.80. The summed E-state index contributed by atoms with van der Waals surface area (Å²) in [5.74, 6) is 4.16. The molecule has 0 aromatic carbocycles. The summed E-state index contributed by atoms with van der Waals surface area (Å²) < 4.78 is 0. The first kappa shape index (κ1) is 8.39. The third kappa shape index (κ3) is 2.43. The van der Waals surface area contributed by atoms with Crippen molar-refractivity contribution < 1.29 is 9.90 Å². The van der Waals surface area contributed by atoms with Crippen LogP contribution >= 0.6 is 0 Å².